The van der Waals surface area contributed by atoms with Crippen LogP contribution in [-0.4, -0.2) is 21.9 Å². The second kappa shape index (κ2) is 5.61. The molecule has 1 aromatic heterocycles. The van der Waals surface area contributed by atoms with E-state index in [0.717, 1.165) is 16.8 Å². The normalized spacial score (nSPS) is 10.2. The summed E-state index contributed by atoms with van der Waals surface area (Å²) in [6.45, 7) is 3.95. The summed E-state index contributed by atoms with van der Waals surface area (Å²) in [4.78, 5) is 18.3. The number of hydrogen-bond donors (Lipinski definition) is 3. The SMILES string of the molecule is CNc1nc(Nc2cc(C)cc(C)c2)nc(N)c1[N+](=O)[O-]. The van der Waals surface area contributed by atoms with Crippen LogP contribution in [0, 0.1) is 24.0 Å². The Balaban J connectivity index is 2.41. The minimum absolute atomic E-state index is 0.0689. The summed E-state index contributed by atoms with van der Waals surface area (Å²) < 4.78 is 0. The summed E-state index contributed by atoms with van der Waals surface area (Å²) >= 11 is 0. The fraction of sp³-hybridized carbons (Fsp3) is 0.231. The molecule has 0 atom stereocenters. The quantitative estimate of drug-likeness (QED) is 0.583. The van der Waals surface area contributed by atoms with Crippen LogP contribution in [0.25, 0.3) is 0 Å². The van der Waals surface area contributed by atoms with Crippen LogP contribution in [0.1, 0.15) is 11.1 Å². The van der Waals surface area contributed by atoms with E-state index in [1.165, 1.54) is 7.05 Å². The first kappa shape index (κ1) is 14.5. The van der Waals surface area contributed by atoms with E-state index in [1.54, 1.807) is 0 Å². The molecule has 8 nitrogen and oxygen atoms in total. The highest BCUT2D eigenvalue weighted by atomic mass is 16.6. The molecule has 21 heavy (non-hydrogen) atoms. The smallest absolute Gasteiger partial charge is 0.353 e. The molecule has 0 saturated carbocycles. The van der Waals surface area contributed by atoms with E-state index in [0.29, 0.717) is 0 Å². The molecule has 1 heterocycles. The molecule has 0 saturated heterocycles. The van der Waals surface area contributed by atoms with Gasteiger partial charge in [0, 0.05) is 12.7 Å². The second-order valence-electron chi connectivity index (χ2n) is 4.64. The Morgan fingerprint density at radius 1 is 1.19 bits per heavy atom. The molecule has 0 amide bonds. The van der Waals surface area contributed by atoms with E-state index in [4.69, 9.17) is 5.73 Å². The number of rotatable bonds is 4. The van der Waals surface area contributed by atoms with E-state index in [9.17, 15) is 10.1 Å². The molecular formula is C13H16N6O2. The van der Waals surface area contributed by atoms with Gasteiger partial charge < -0.3 is 16.4 Å². The third kappa shape index (κ3) is 3.16. The average Bonchev–Trinajstić information content (AvgIpc) is 2.35. The highest BCUT2D eigenvalue weighted by Crippen LogP contribution is 2.29. The topological polar surface area (TPSA) is 119 Å². The van der Waals surface area contributed by atoms with Crippen molar-refractivity contribution in [2.24, 2.45) is 0 Å². The van der Waals surface area contributed by atoms with Crippen LogP contribution in [0.15, 0.2) is 18.2 Å². The van der Waals surface area contributed by atoms with Crippen molar-refractivity contribution in [2.75, 3.05) is 23.4 Å². The Morgan fingerprint density at radius 3 is 2.33 bits per heavy atom. The number of anilines is 4. The molecule has 0 fully saturated rings. The lowest BCUT2D eigenvalue weighted by atomic mass is 10.1. The predicted octanol–water partition coefficient (Wildman–Crippen LogP) is 2.37. The molecule has 110 valence electrons. The number of nitrogen functional groups attached to an aromatic ring is 1. The zero-order chi connectivity index (χ0) is 15.6. The van der Waals surface area contributed by atoms with Gasteiger partial charge in [-0.05, 0) is 37.1 Å². The Labute approximate surface area is 121 Å². The summed E-state index contributed by atoms with van der Waals surface area (Å²) in [7, 11) is 1.54. The average molecular weight is 288 g/mol. The lowest BCUT2D eigenvalue weighted by Gasteiger charge is -2.10. The maximum Gasteiger partial charge on any atom is 0.353 e. The number of aromatic nitrogens is 2. The van der Waals surface area contributed by atoms with Crippen molar-refractivity contribution >= 4 is 29.0 Å². The Bertz CT molecular complexity index is 681. The van der Waals surface area contributed by atoms with E-state index in [1.807, 2.05) is 32.0 Å². The first-order chi connectivity index (χ1) is 9.90. The predicted molar refractivity (Wildman–Crippen MR) is 81.8 cm³/mol. The number of benzene rings is 1. The van der Waals surface area contributed by atoms with Gasteiger partial charge in [-0.3, -0.25) is 10.1 Å². The standard InChI is InChI=1S/C13H16N6O2/c1-7-4-8(2)6-9(5-7)16-13-17-11(14)10(19(20)21)12(15-3)18-13/h4-6H,1-3H3,(H4,14,15,16,17,18). The summed E-state index contributed by atoms with van der Waals surface area (Å²) in [5.41, 5.74) is 8.27. The fourth-order valence-electron chi connectivity index (χ4n) is 2.06. The van der Waals surface area contributed by atoms with Gasteiger partial charge in [-0.2, -0.15) is 9.97 Å². The van der Waals surface area contributed by atoms with Crippen molar-refractivity contribution in [1.29, 1.82) is 0 Å². The molecule has 0 spiro atoms. The second-order valence-corrected chi connectivity index (χ2v) is 4.64. The van der Waals surface area contributed by atoms with Crippen LogP contribution < -0.4 is 16.4 Å². The number of nitrogens with two attached hydrogens (primary N) is 1. The minimum atomic E-state index is -0.609. The van der Waals surface area contributed by atoms with Crippen molar-refractivity contribution in [1.82, 2.24) is 9.97 Å². The molecule has 8 heteroatoms. The molecule has 0 radical (unpaired) electrons. The monoisotopic (exact) mass is 288 g/mol. The molecule has 1 aromatic carbocycles. The number of nitrogens with zero attached hydrogens (tertiary/aromatic N) is 3. The van der Waals surface area contributed by atoms with Gasteiger partial charge in [0.2, 0.25) is 17.6 Å². The van der Waals surface area contributed by atoms with Gasteiger partial charge in [-0.15, -0.1) is 0 Å². The van der Waals surface area contributed by atoms with Crippen LogP contribution >= 0.6 is 0 Å². The summed E-state index contributed by atoms with van der Waals surface area (Å²) in [5.74, 6) is 0.0815. The van der Waals surface area contributed by atoms with Crippen LogP contribution in [0.4, 0.5) is 29.0 Å². The number of hydrogen-bond acceptors (Lipinski definition) is 7. The molecule has 0 aliphatic heterocycles. The zero-order valence-corrected chi connectivity index (χ0v) is 12.0. The molecule has 0 unspecified atom stereocenters. The van der Waals surface area contributed by atoms with Crippen LogP contribution in [0.3, 0.4) is 0 Å². The van der Waals surface area contributed by atoms with Crippen molar-refractivity contribution in [3.63, 3.8) is 0 Å². The minimum Gasteiger partial charge on any atom is -0.378 e. The molecule has 2 rings (SSSR count). The van der Waals surface area contributed by atoms with Gasteiger partial charge >= 0.3 is 5.69 Å². The van der Waals surface area contributed by atoms with Crippen molar-refractivity contribution in [3.8, 4) is 0 Å². The van der Waals surface area contributed by atoms with Crippen molar-refractivity contribution in [3.05, 3.63) is 39.4 Å². The summed E-state index contributed by atoms with van der Waals surface area (Å²) in [6, 6.07) is 5.88. The Kier molecular flexibility index (Phi) is 3.88. The van der Waals surface area contributed by atoms with E-state index in [-0.39, 0.29) is 23.3 Å². The fourth-order valence-corrected chi connectivity index (χ4v) is 2.06. The molecule has 0 bridgehead atoms. The Hall–Kier alpha value is -2.90. The third-order valence-electron chi connectivity index (χ3n) is 2.81. The molecular weight excluding hydrogens is 272 g/mol. The lowest BCUT2D eigenvalue weighted by molar-refractivity contribution is -0.383. The first-order valence-electron chi connectivity index (χ1n) is 6.25. The third-order valence-corrected chi connectivity index (χ3v) is 2.81. The van der Waals surface area contributed by atoms with Gasteiger partial charge in [0.05, 0.1) is 4.92 Å². The maximum absolute atomic E-state index is 10.9. The first-order valence-corrected chi connectivity index (χ1v) is 6.25. The molecule has 2 aromatic rings. The number of aryl methyl sites for hydroxylation is 2. The molecule has 0 aliphatic carbocycles. The van der Waals surface area contributed by atoms with Gasteiger partial charge in [0.15, 0.2) is 0 Å². The lowest BCUT2D eigenvalue weighted by Crippen LogP contribution is -2.08. The molecule has 0 aliphatic rings. The van der Waals surface area contributed by atoms with Crippen LogP contribution in [0.2, 0.25) is 0 Å². The van der Waals surface area contributed by atoms with Crippen molar-refractivity contribution in [2.45, 2.75) is 13.8 Å². The summed E-state index contributed by atoms with van der Waals surface area (Å²) in [6.07, 6.45) is 0. The maximum atomic E-state index is 10.9. The van der Waals surface area contributed by atoms with Gasteiger partial charge in [0.25, 0.3) is 0 Å². The molecule has 4 N–H and O–H groups in total. The van der Waals surface area contributed by atoms with E-state index >= 15 is 0 Å². The zero-order valence-electron chi connectivity index (χ0n) is 12.0. The van der Waals surface area contributed by atoms with Gasteiger partial charge in [0.1, 0.15) is 0 Å². The largest absolute Gasteiger partial charge is 0.378 e. The van der Waals surface area contributed by atoms with Crippen LogP contribution in [-0.2, 0) is 0 Å². The van der Waals surface area contributed by atoms with Crippen molar-refractivity contribution < 1.29 is 4.92 Å². The number of nitrogens with one attached hydrogen (secondary N) is 2. The Morgan fingerprint density at radius 2 is 1.81 bits per heavy atom. The highest BCUT2D eigenvalue weighted by Gasteiger charge is 2.22. The van der Waals surface area contributed by atoms with Gasteiger partial charge in [-0.1, -0.05) is 6.07 Å². The summed E-state index contributed by atoms with van der Waals surface area (Å²) in [5, 5.41) is 16.6. The highest BCUT2D eigenvalue weighted by molar-refractivity contribution is 5.71. The number of nitro groups is 1. The van der Waals surface area contributed by atoms with E-state index < -0.39 is 4.92 Å². The van der Waals surface area contributed by atoms with E-state index in [2.05, 4.69) is 20.6 Å². The van der Waals surface area contributed by atoms with Gasteiger partial charge in [-0.25, -0.2) is 0 Å². The van der Waals surface area contributed by atoms with Crippen LogP contribution in [0.5, 0.6) is 0 Å².